The molecule has 0 aromatic heterocycles. The van der Waals surface area contributed by atoms with E-state index >= 15 is 0 Å². The summed E-state index contributed by atoms with van der Waals surface area (Å²) >= 11 is 5.71. The Kier molecular flexibility index (Phi) is 5.12. The van der Waals surface area contributed by atoms with Crippen molar-refractivity contribution in [1.29, 1.82) is 0 Å². The molecule has 0 heterocycles. The number of hydrogen-bond acceptors (Lipinski definition) is 2. The molecule has 0 aliphatic heterocycles. The van der Waals surface area contributed by atoms with Crippen LogP contribution in [0.5, 0.6) is 0 Å². The number of amides is 2. The van der Waals surface area contributed by atoms with Crippen LogP contribution < -0.4 is 10.9 Å². The largest absolute Gasteiger partial charge is 0.272 e. The molecule has 0 fully saturated rings. The molecule has 6 heteroatoms. The van der Waals surface area contributed by atoms with E-state index in [0.29, 0.717) is 5.56 Å². The predicted molar refractivity (Wildman–Crippen MR) is 82.2 cm³/mol. The molecule has 0 saturated carbocycles. The van der Waals surface area contributed by atoms with Crippen molar-refractivity contribution in [1.82, 2.24) is 10.9 Å². The summed E-state index contributed by atoms with van der Waals surface area (Å²) in [4.78, 5) is 23.7. The minimum Gasteiger partial charge on any atom is -0.267 e. The standard InChI is InChI=1S/C16H14ClFN2O2/c1-2-10-3-5-11(6-4-10)15(21)19-20-16(22)13-9-12(17)7-8-14(13)18/h3-9H,2H2,1H3,(H,19,21)(H,20,22). The summed E-state index contributed by atoms with van der Waals surface area (Å²) in [6.07, 6.45) is 0.868. The topological polar surface area (TPSA) is 58.2 Å². The van der Waals surface area contributed by atoms with E-state index in [1.54, 1.807) is 12.1 Å². The average molecular weight is 321 g/mol. The summed E-state index contributed by atoms with van der Waals surface area (Å²) < 4.78 is 13.5. The molecule has 0 spiro atoms. The fraction of sp³-hybridized carbons (Fsp3) is 0.125. The molecular formula is C16H14ClFN2O2. The predicted octanol–water partition coefficient (Wildman–Crippen LogP) is 3.12. The number of nitrogens with one attached hydrogen (secondary N) is 2. The van der Waals surface area contributed by atoms with Crippen LogP contribution in [0.4, 0.5) is 4.39 Å². The van der Waals surface area contributed by atoms with E-state index in [4.69, 9.17) is 11.6 Å². The SMILES string of the molecule is CCc1ccc(C(=O)NNC(=O)c2cc(Cl)ccc2F)cc1. The fourth-order valence-corrected chi connectivity index (χ4v) is 1.99. The van der Waals surface area contributed by atoms with Crippen LogP contribution in [0, 0.1) is 5.82 Å². The van der Waals surface area contributed by atoms with Crippen molar-refractivity contribution in [2.75, 3.05) is 0 Å². The molecule has 0 saturated heterocycles. The molecule has 0 unspecified atom stereocenters. The van der Waals surface area contributed by atoms with Crippen molar-refractivity contribution in [2.45, 2.75) is 13.3 Å². The van der Waals surface area contributed by atoms with Crippen molar-refractivity contribution in [3.63, 3.8) is 0 Å². The maximum atomic E-state index is 13.5. The number of carbonyl (C=O) groups is 2. The minimum absolute atomic E-state index is 0.230. The number of rotatable bonds is 3. The molecule has 114 valence electrons. The van der Waals surface area contributed by atoms with Gasteiger partial charge in [-0.15, -0.1) is 0 Å². The lowest BCUT2D eigenvalue weighted by molar-refractivity contribution is 0.0844. The van der Waals surface area contributed by atoms with Crippen LogP contribution in [0.25, 0.3) is 0 Å². The van der Waals surface area contributed by atoms with Crippen LogP contribution in [0.2, 0.25) is 5.02 Å². The fourth-order valence-electron chi connectivity index (χ4n) is 1.82. The summed E-state index contributed by atoms with van der Waals surface area (Å²) in [6, 6.07) is 10.6. The highest BCUT2D eigenvalue weighted by Crippen LogP contribution is 2.14. The summed E-state index contributed by atoms with van der Waals surface area (Å²) in [7, 11) is 0. The summed E-state index contributed by atoms with van der Waals surface area (Å²) in [6.45, 7) is 2.01. The number of carbonyl (C=O) groups excluding carboxylic acids is 2. The Labute approximate surface area is 132 Å². The highest BCUT2D eigenvalue weighted by Gasteiger charge is 2.13. The second-order valence-electron chi connectivity index (χ2n) is 4.58. The third-order valence-corrected chi connectivity index (χ3v) is 3.32. The number of benzene rings is 2. The lowest BCUT2D eigenvalue weighted by Crippen LogP contribution is -2.41. The van der Waals surface area contributed by atoms with E-state index in [2.05, 4.69) is 10.9 Å². The molecular weight excluding hydrogens is 307 g/mol. The van der Waals surface area contributed by atoms with E-state index < -0.39 is 17.6 Å². The van der Waals surface area contributed by atoms with Gasteiger partial charge in [-0.2, -0.15) is 0 Å². The van der Waals surface area contributed by atoms with Gasteiger partial charge < -0.3 is 0 Å². The highest BCUT2D eigenvalue weighted by molar-refractivity contribution is 6.31. The van der Waals surface area contributed by atoms with Gasteiger partial charge in [0.25, 0.3) is 11.8 Å². The van der Waals surface area contributed by atoms with Gasteiger partial charge in [-0.3, -0.25) is 20.4 Å². The van der Waals surface area contributed by atoms with Gasteiger partial charge in [0, 0.05) is 10.6 Å². The first-order chi connectivity index (χ1) is 10.5. The van der Waals surface area contributed by atoms with Gasteiger partial charge in [-0.1, -0.05) is 30.7 Å². The van der Waals surface area contributed by atoms with Crippen LogP contribution in [-0.2, 0) is 6.42 Å². The van der Waals surface area contributed by atoms with Gasteiger partial charge in [0.1, 0.15) is 5.82 Å². The van der Waals surface area contributed by atoms with Crippen molar-refractivity contribution >= 4 is 23.4 Å². The molecule has 2 rings (SSSR count). The first-order valence-corrected chi connectivity index (χ1v) is 7.03. The van der Waals surface area contributed by atoms with Crippen molar-refractivity contribution in [3.8, 4) is 0 Å². The van der Waals surface area contributed by atoms with E-state index in [9.17, 15) is 14.0 Å². The zero-order chi connectivity index (χ0) is 16.1. The number of halogens is 2. The third-order valence-electron chi connectivity index (χ3n) is 3.09. The summed E-state index contributed by atoms with van der Waals surface area (Å²) in [5.41, 5.74) is 5.64. The van der Waals surface area contributed by atoms with Gasteiger partial charge in [0.05, 0.1) is 5.56 Å². The molecule has 4 nitrogen and oxygen atoms in total. The molecule has 2 amide bonds. The zero-order valence-electron chi connectivity index (χ0n) is 11.8. The zero-order valence-corrected chi connectivity index (χ0v) is 12.6. The summed E-state index contributed by atoms with van der Waals surface area (Å²) in [5, 5.41) is 0.230. The molecule has 0 aliphatic carbocycles. The van der Waals surface area contributed by atoms with Crippen LogP contribution >= 0.6 is 11.6 Å². The summed E-state index contributed by atoms with van der Waals surface area (Å²) in [5.74, 6) is -1.99. The number of hydrazine groups is 1. The molecule has 0 aliphatic rings. The van der Waals surface area contributed by atoms with Crippen LogP contribution in [0.15, 0.2) is 42.5 Å². The Morgan fingerprint density at radius 1 is 1.05 bits per heavy atom. The van der Waals surface area contributed by atoms with Crippen molar-refractivity contribution in [3.05, 3.63) is 70.0 Å². The lowest BCUT2D eigenvalue weighted by atomic mass is 10.1. The van der Waals surface area contributed by atoms with Crippen molar-refractivity contribution in [2.24, 2.45) is 0 Å². The Morgan fingerprint density at radius 3 is 2.32 bits per heavy atom. The molecule has 22 heavy (non-hydrogen) atoms. The minimum atomic E-state index is -0.779. The Hall–Kier alpha value is -2.40. The van der Waals surface area contributed by atoms with Gasteiger partial charge in [0.2, 0.25) is 0 Å². The average Bonchev–Trinajstić information content (AvgIpc) is 2.54. The molecule has 2 aromatic rings. The van der Waals surface area contributed by atoms with E-state index in [0.717, 1.165) is 18.1 Å². The van der Waals surface area contributed by atoms with Crippen LogP contribution in [-0.4, -0.2) is 11.8 Å². The Bertz CT molecular complexity index is 702. The maximum absolute atomic E-state index is 13.5. The molecule has 0 bridgehead atoms. The first-order valence-electron chi connectivity index (χ1n) is 6.66. The third kappa shape index (κ3) is 3.83. The monoisotopic (exact) mass is 320 g/mol. The van der Waals surface area contributed by atoms with E-state index in [1.807, 2.05) is 19.1 Å². The van der Waals surface area contributed by atoms with Crippen molar-refractivity contribution < 1.29 is 14.0 Å². The lowest BCUT2D eigenvalue weighted by Gasteiger charge is -2.08. The van der Waals surface area contributed by atoms with Gasteiger partial charge in [0.15, 0.2) is 0 Å². The van der Waals surface area contributed by atoms with E-state index in [1.165, 1.54) is 12.1 Å². The second kappa shape index (κ2) is 7.04. The highest BCUT2D eigenvalue weighted by atomic mass is 35.5. The van der Waals surface area contributed by atoms with Gasteiger partial charge in [-0.05, 0) is 42.3 Å². The maximum Gasteiger partial charge on any atom is 0.272 e. The van der Waals surface area contributed by atoms with Crippen LogP contribution in [0.3, 0.4) is 0 Å². The quantitative estimate of drug-likeness (QED) is 0.854. The molecule has 2 aromatic carbocycles. The molecule has 0 radical (unpaired) electrons. The number of aryl methyl sites for hydroxylation is 1. The first kappa shape index (κ1) is 16.0. The smallest absolute Gasteiger partial charge is 0.267 e. The van der Waals surface area contributed by atoms with Crippen LogP contribution in [0.1, 0.15) is 33.2 Å². The second-order valence-corrected chi connectivity index (χ2v) is 5.02. The van der Waals surface area contributed by atoms with Gasteiger partial charge in [-0.25, -0.2) is 4.39 Å². The van der Waals surface area contributed by atoms with E-state index in [-0.39, 0.29) is 10.6 Å². The number of hydrogen-bond donors (Lipinski definition) is 2. The Morgan fingerprint density at radius 2 is 1.68 bits per heavy atom. The normalized spacial score (nSPS) is 10.1. The van der Waals surface area contributed by atoms with Gasteiger partial charge >= 0.3 is 0 Å². The molecule has 2 N–H and O–H groups in total. The molecule has 0 atom stereocenters. The Balaban J connectivity index is 2.00.